The van der Waals surface area contributed by atoms with E-state index < -0.39 is 5.82 Å². The zero-order chi connectivity index (χ0) is 18.1. The Morgan fingerprint density at radius 2 is 1.35 bits per heavy atom. The van der Waals surface area contributed by atoms with E-state index in [2.05, 4.69) is 0 Å². The second kappa shape index (κ2) is 6.37. The molecule has 0 aliphatic rings. The van der Waals surface area contributed by atoms with Crippen LogP contribution in [0, 0.1) is 11.0 Å². The molecule has 0 saturated carbocycles. The normalized spacial score (nSPS) is 10.8. The Bertz CT molecular complexity index is 997. The van der Waals surface area contributed by atoms with Crippen molar-refractivity contribution in [2.45, 2.75) is 0 Å². The van der Waals surface area contributed by atoms with E-state index in [1.807, 2.05) is 48.5 Å². The number of hydrogen-bond donors (Lipinski definition) is 1. The number of imidazole rings is 1. The van der Waals surface area contributed by atoms with E-state index >= 15 is 0 Å². The van der Waals surface area contributed by atoms with E-state index in [0.717, 1.165) is 4.73 Å². The Balaban J connectivity index is 2.06. The van der Waals surface area contributed by atoms with Crippen molar-refractivity contribution in [2.75, 3.05) is 0 Å². The highest BCUT2D eigenvalue weighted by Gasteiger charge is 2.31. The lowest BCUT2D eigenvalue weighted by Crippen LogP contribution is -2.30. The lowest BCUT2D eigenvalue weighted by molar-refractivity contribution is -0.582. The van der Waals surface area contributed by atoms with Gasteiger partial charge in [0.1, 0.15) is 5.82 Å². The SMILES string of the molecule is [O-][n+]1c(-c2ccccc2)c(-c2ccccc2)n(O)c1-c1cccc(F)c1. The highest BCUT2D eigenvalue weighted by molar-refractivity contribution is 5.78. The molecule has 1 heterocycles. The largest absolute Gasteiger partial charge is 0.710 e. The van der Waals surface area contributed by atoms with E-state index in [-0.39, 0.29) is 5.82 Å². The fraction of sp³-hybridized carbons (Fsp3) is 0. The van der Waals surface area contributed by atoms with Crippen molar-refractivity contribution in [3.8, 4) is 33.9 Å². The van der Waals surface area contributed by atoms with Gasteiger partial charge in [0.05, 0.1) is 5.56 Å². The molecule has 0 spiro atoms. The predicted molar refractivity (Wildman–Crippen MR) is 96.8 cm³/mol. The molecular weight excluding hydrogens is 331 g/mol. The van der Waals surface area contributed by atoms with Gasteiger partial charge in [-0.25, -0.2) is 9.12 Å². The quantitative estimate of drug-likeness (QED) is 0.337. The summed E-state index contributed by atoms with van der Waals surface area (Å²) in [7, 11) is 0. The third-order valence-corrected chi connectivity index (χ3v) is 4.21. The van der Waals surface area contributed by atoms with Crippen molar-refractivity contribution >= 4 is 0 Å². The van der Waals surface area contributed by atoms with Crippen LogP contribution in [0.15, 0.2) is 84.9 Å². The summed E-state index contributed by atoms with van der Waals surface area (Å²) in [6.07, 6.45) is 0. The molecule has 0 saturated heterocycles. The second-order valence-electron chi connectivity index (χ2n) is 5.87. The summed E-state index contributed by atoms with van der Waals surface area (Å²) in [6.45, 7) is 0. The van der Waals surface area contributed by atoms with Crippen LogP contribution in [0.25, 0.3) is 33.9 Å². The molecule has 4 rings (SSSR count). The minimum absolute atomic E-state index is 0.0396. The van der Waals surface area contributed by atoms with Crippen molar-refractivity contribution in [3.05, 3.63) is 96.0 Å². The van der Waals surface area contributed by atoms with Crippen molar-refractivity contribution < 1.29 is 14.3 Å². The van der Waals surface area contributed by atoms with Gasteiger partial charge in [-0.15, -0.1) is 0 Å². The van der Waals surface area contributed by atoms with Crippen LogP contribution in [0.4, 0.5) is 4.39 Å². The molecule has 0 aliphatic heterocycles. The van der Waals surface area contributed by atoms with Crippen LogP contribution >= 0.6 is 0 Å². The van der Waals surface area contributed by atoms with Gasteiger partial charge in [0.15, 0.2) is 5.69 Å². The molecule has 1 N–H and O–H groups in total. The molecule has 0 atom stereocenters. The second-order valence-corrected chi connectivity index (χ2v) is 5.87. The minimum atomic E-state index is -0.480. The van der Waals surface area contributed by atoms with Crippen molar-refractivity contribution in [1.29, 1.82) is 0 Å². The standard InChI is InChI=1S/C21H15FN2O2/c22-18-13-7-12-17(14-18)21-23(25)19(15-8-3-1-4-9-15)20(24(21)26)16-10-5-2-6-11-16/h1-14,25H. The fourth-order valence-corrected chi connectivity index (χ4v) is 3.07. The topological polar surface area (TPSA) is 52.1 Å². The first kappa shape index (κ1) is 15.9. The first-order chi connectivity index (χ1) is 12.7. The molecule has 0 radical (unpaired) electrons. The number of rotatable bonds is 3. The fourth-order valence-electron chi connectivity index (χ4n) is 3.07. The summed E-state index contributed by atoms with van der Waals surface area (Å²) in [6, 6.07) is 23.8. The predicted octanol–water partition coefficient (Wildman–Crippen LogP) is 4.50. The molecule has 0 amide bonds. The lowest BCUT2D eigenvalue weighted by atomic mass is 10.1. The van der Waals surface area contributed by atoms with Gasteiger partial charge in [0.25, 0.3) is 0 Å². The van der Waals surface area contributed by atoms with Crippen LogP contribution in [0.1, 0.15) is 0 Å². The molecule has 3 aromatic carbocycles. The molecular formula is C21H15FN2O2. The Morgan fingerprint density at radius 3 is 1.96 bits per heavy atom. The minimum Gasteiger partial charge on any atom is -0.710 e. The molecule has 0 unspecified atom stereocenters. The lowest BCUT2D eigenvalue weighted by Gasteiger charge is -2.07. The Kier molecular flexibility index (Phi) is 3.89. The molecule has 0 aliphatic carbocycles. The average molecular weight is 346 g/mol. The first-order valence-corrected chi connectivity index (χ1v) is 8.11. The summed E-state index contributed by atoms with van der Waals surface area (Å²) < 4.78 is 15.1. The molecule has 128 valence electrons. The van der Waals surface area contributed by atoms with Gasteiger partial charge in [0, 0.05) is 11.1 Å². The summed E-state index contributed by atoms with van der Waals surface area (Å²) in [5.41, 5.74) is 2.29. The zero-order valence-corrected chi connectivity index (χ0v) is 13.7. The Hall–Kier alpha value is -3.60. The van der Waals surface area contributed by atoms with Gasteiger partial charge in [-0.1, -0.05) is 66.7 Å². The molecule has 5 heteroatoms. The van der Waals surface area contributed by atoms with Gasteiger partial charge in [-0.05, 0) is 22.9 Å². The summed E-state index contributed by atoms with van der Waals surface area (Å²) in [5, 5.41) is 23.9. The highest BCUT2D eigenvalue weighted by atomic mass is 19.1. The summed E-state index contributed by atoms with van der Waals surface area (Å²) >= 11 is 0. The van der Waals surface area contributed by atoms with Gasteiger partial charge in [0.2, 0.25) is 5.69 Å². The maximum Gasteiger partial charge on any atom is 0.332 e. The van der Waals surface area contributed by atoms with Gasteiger partial charge in [-0.2, -0.15) is 0 Å². The van der Waals surface area contributed by atoms with E-state index in [1.54, 1.807) is 18.2 Å². The number of halogens is 1. The van der Waals surface area contributed by atoms with Gasteiger partial charge >= 0.3 is 5.82 Å². The van der Waals surface area contributed by atoms with Crippen molar-refractivity contribution in [3.63, 3.8) is 0 Å². The monoisotopic (exact) mass is 346 g/mol. The third-order valence-electron chi connectivity index (χ3n) is 4.21. The van der Waals surface area contributed by atoms with Crippen LogP contribution in [-0.2, 0) is 0 Å². The van der Waals surface area contributed by atoms with Crippen LogP contribution in [-0.4, -0.2) is 9.94 Å². The number of hydrogen-bond acceptors (Lipinski definition) is 2. The number of nitrogens with zero attached hydrogens (tertiary/aromatic N) is 2. The van der Waals surface area contributed by atoms with Crippen LogP contribution in [0.3, 0.4) is 0 Å². The molecule has 1 aromatic heterocycles. The van der Waals surface area contributed by atoms with E-state index in [9.17, 15) is 14.8 Å². The maximum atomic E-state index is 13.7. The summed E-state index contributed by atoms with van der Waals surface area (Å²) in [4.78, 5) is 0. The molecule has 0 fully saturated rings. The molecule has 4 aromatic rings. The molecule has 26 heavy (non-hydrogen) atoms. The average Bonchev–Trinajstić information content (AvgIpc) is 2.93. The Morgan fingerprint density at radius 1 is 0.769 bits per heavy atom. The summed E-state index contributed by atoms with van der Waals surface area (Å²) in [5.74, 6) is -0.520. The van der Waals surface area contributed by atoms with Gasteiger partial charge in [-0.3, -0.25) is 0 Å². The van der Waals surface area contributed by atoms with E-state index in [0.29, 0.717) is 32.8 Å². The van der Waals surface area contributed by atoms with Crippen molar-refractivity contribution in [2.24, 2.45) is 0 Å². The highest BCUT2D eigenvalue weighted by Crippen LogP contribution is 2.33. The van der Waals surface area contributed by atoms with Crippen LogP contribution < -0.4 is 4.73 Å². The zero-order valence-electron chi connectivity index (χ0n) is 13.7. The van der Waals surface area contributed by atoms with E-state index in [1.165, 1.54) is 18.2 Å². The first-order valence-electron chi connectivity index (χ1n) is 8.11. The third kappa shape index (κ3) is 2.59. The Labute approximate surface area is 149 Å². The van der Waals surface area contributed by atoms with Crippen LogP contribution in [0.2, 0.25) is 0 Å². The smallest absolute Gasteiger partial charge is 0.332 e. The van der Waals surface area contributed by atoms with E-state index in [4.69, 9.17) is 0 Å². The number of aromatic nitrogens is 2. The van der Waals surface area contributed by atoms with Gasteiger partial charge < -0.3 is 10.4 Å². The maximum absolute atomic E-state index is 13.7. The molecule has 0 bridgehead atoms. The molecule has 4 nitrogen and oxygen atoms in total. The number of benzene rings is 3. The van der Waals surface area contributed by atoms with Crippen molar-refractivity contribution in [1.82, 2.24) is 4.73 Å². The van der Waals surface area contributed by atoms with Crippen LogP contribution in [0.5, 0.6) is 0 Å².